The van der Waals surface area contributed by atoms with Crippen LogP contribution in [0.5, 0.6) is 0 Å². The van der Waals surface area contributed by atoms with Crippen molar-refractivity contribution in [1.29, 1.82) is 0 Å². The van der Waals surface area contributed by atoms with E-state index in [1.54, 1.807) is 0 Å². The molecule has 2 atom stereocenters. The molecule has 3 nitrogen and oxygen atoms in total. The molecule has 4 heteroatoms. The van der Waals surface area contributed by atoms with Gasteiger partial charge in [0.2, 0.25) is 0 Å². The summed E-state index contributed by atoms with van der Waals surface area (Å²) in [4.78, 5) is 0. The summed E-state index contributed by atoms with van der Waals surface area (Å²) in [5.41, 5.74) is 0. The van der Waals surface area contributed by atoms with Crippen molar-refractivity contribution in [1.82, 2.24) is 5.32 Å². The molecule has 0 aromatic rings. The van der Waals surface area contributed by atoms with Crippen LogP contribution in [0.4, 0.5) is 0 Å². The monoisotopic (exact) mass is 217 g/mol. The zero-order chi connectivity index (χ0) is 10.2. The van der Waals surface area contributed by atoms with Gasteiger partial charge < -0.3 is 5.32 Å². The van der Waals surface area contributed by atoms with Crippen molar-refractivity contribution in [3.05, 3.63) is 0 Å². The Labute approximate surface area is 86.2 Å². The summed E-state index contributed by atoms with van der Waals surface area (Å²) in [7, 11) is -2.66. The fourth-order valence-corrected chi connectivity index (χ4v) is 3.85. The van der Waals surface area contributed by atoms with E-state index in [4.69, 9.17) is 0 Å². The summed E-state index contributed by atoms with van der Waals surface area (Å²) >= 11 is 0. The second kappa shape index (κ2) is 3.81. The molecule has 2 unspecified atom stereocenters. The van der Waals surface area contributed by atoms with E-state index in [-0.39, 0.29) is 6.04 Å². The van der Waals surface area contributed by atoms with Crippen LogP contribution in [0.25, 0.3) is 0 Å². The second-order valence-electron chi connectivity index (χ2n) is 4.81. The molecule has 82 valence electrons. The minimum Gasteiger partial charge on any atom is -0.309 e. The third-order valence-electron chi connectivity index (χ3n) is 3.47. The smallest absolute Gasteiger partial charge is 0.153 e. The average Bonchev–Trinajstić information content (AvgIpc) is 2.05. The van der Waals surface area contributed by atoms with Gasteiger partial charge in [0.1, 0.15) is 0 Å². The quantitative estimate of drug-likeness (QED) is 0.749. The molecule has 0 aromatic carbocycles. The van der Waals surface area contributed by atoms with Gasteiger partial charge in [0.05, 0.1) is 11.5 Å². The number of hydrogen-bond donors (Lipinski definition) is 1. The molecule has 1 aliphatic carbocycles. The third kappa shape index (κ3) is 2.28. The van der Waals surface area contributed by atoms with Crippen molar-refractivity contribution in [2.45, 2.75) is 44.7 Å². The van der Waals surface area contributed by atoms with Gasteiger partial charge in [-0.05, 0) is 18.8 Å². The van der Waals surface area contributed by atoms with Crippen LogP contribution in [0.15, 0.2) is 0 Å². The van der Waals surface area contributed by atoms with E-state index in [9.17, 15) is 8.42 Å². The van der Waals surface area contributed by atoms with Gasteiger partial charge in [-0.25, -0.2) is 8.42 Å². The molecular formula is C10H19NO2S. The fraction of sp³-hybridized carbons (Fsp3) is 1.00. The summed E-state index contributed by atoms with van der Waals surface area (Å²) in [6, 6.07) is 0.801. The molecule has 14 heavy (non-hydrogen) atoms. The first-order valence-electron chi connectivity index (χ1n) is 5.53. The van der Waals surface area contributed by atoms with Gasteiger partial charge in [-0.15, -0.1) is 0 Å². The van der Waals surface area contributed by atoms with Gasteiger partial charge in [0, 0.05) is 12.1 Å². The Balaban J connectivity index is 1.80. The van der Waals surface area contributed by atoms with E-state index in [0.717, 1.165) is 0 Å². The van der Waals surface area contributed by atoms with Crippen molar-refractivity contribution in [3.8, 4) is 0 Å². The van der Waals surface area contributed by atoms with Gasteiger partial charge in [-0.2, -0.15) is 0 Å². The highest BCUT2D eigenvalue weighted by molar-refractivity contribution is 7.92. The first-order chi connectivity index (χ1) is 6.57. The van der Waals surface area contributed by atoms with Crippen LogP contribution in [0.2, 0.25) is 0 Å². The first-order valence-corrected chi connectivity index (χ1v) is 7.35. The third-order valence-corrected chi connectivity index (χ3v) is 5.29. The second-order valence-corrected chi connectivity index (χ2v) is 6.96. The standard InChI is InChI=1S/C10H19NO2S/c1-8-4-2-3-5-10(8)11-9-6-14(12,13)7-9/h8-11H,2-7H2,1H3. The van der Waals surface area contributed by atoms with E-state index < -0.39 is 9.84 Å². The Kier molecular flexibility index (Phi) is 2.84. The minimum absolute atomic E-state index is 0.241. The summed E-state index contributed by atoms with van der Waals surface area (Å²) in [5, 5.41) is 3.48. The lowest BCUT2D eigenvalue weighted by Gasteiger charge is -2.36. The maximum absolute atomic E-state index is 11.0. The predicted octanol–water partition coefficient (Wildman–Crippen LogP) is 0.952. The van der Waals surface area contributed by atoms with Crippen molar-refractivity contribution in [3.63, 3.8) is 0 Å². The van der Waals surface area contributed by atoms with Crippen LogP contribution in [0, 0.1) is 5.92 Å². The van der Waals surface area contributed by atoms with Gasteiger partial charge >= 0.3 is 0 Å². The Morgan fingerprint density at radius 1 is 1.14 bits per heavy atom. The zero-order valence-electron chi connectivity index (χ0n) is 8.70. The summed E-state index contributed by atoms with van der Waals surface area (Å²) in [5.74, 6) is 1.43. The average molecular weight is 217 g/mol. The molecule has 2 aliphatic rings. The molecule has 0 amide bonds. The number of sulfone groups is 1. The van der Waals surface area contributed by atoms with Gasteiger partial charge in [0.15, 0.2) is 9.84 Å². The highest BCUT2D eigenvalue weighted by Gasteiger charge is 2.35. The zero-order valence-corrected chi connectivity index (χ0v) is 9.52. The van der Waals surface area contributed by atoms with Crippen LogP contribution >= 0.6 is 0 Å². The lowest BCUT2D eigenvalue weighted by atomic mass is 9.85. The molecule has 0 aromatic heterocycles. The van der Waals surface area contributed by atoms with Crippen molar-refractivity contribution < 1.29 is 8.42 Å². The molecule has 1 heterocycles. The Morgan fingerprint density at radius 2 is 1.79 bits per heavy atom. The maximum atomic E-state index is 11.0. The van der Waals surface area contributed by atoms with Gasteiger partial charge in [0.25, 0.3) is 0 Å². The predicted molar refractivity (Wildman–Crippen MR) is 57.0 cm³/mol. The van der Waals surface area contributed by atoms with E-state index in [2.05, 4.69) is 12.2 Å². The molecule has 0 bridgehead atoms. The van der Waals surface area contributed by atoms with Crippen molar-refractivity contribution >= 4 is 9.84 Å². The molecule has 1 saturated heterocycles. The van der Waals surface area contributed by atoms with Gasteiger partial charge in [-0.1, -0.05) is 19.8 Å². The molecule has 2 fully saturated rings. The molecule has 1 aliphatic heterocycles. The van der Waals surface area contributed by atoms with E-state index >= 15 is 0 Å². The van der Waals surface area contributed by atoms with E-state index in [1.165, 1.54) is 25.7 Å². The van der Waals surface area contributed by atoms with Crippen LogP contribution in [-0.4, -0.2) is 32.0 Å². The molecule has 0 spiro atoms. The Bertz CT molecular complexity index is 287. The first kappa shape index (κ1) is 10.4. The van der Waals surface area contributed by atoms with Crippen molar-refractivity contribution in [2.75, 3.05) is 11.5 Å². The van der Waals surface area contributed by atoms with Crippen LogP contribution < -0.4 is 5.32 Å². The molecule has 1 N–H and O–H groups in total. The summed E-state index contributed by atoms with van der Waals surface area (Å²) in [6.07, 6.45) is 5.14. The lowest BCUT2D eigenvalue weighted by molar-refractivity contribution is 0.264. The Hall–Kier alpha value is -0.0900. The molecule has 2 rings (SSSR count). The number of hydrogen-bond acceptors (Lipinski definition) is 3. The minimum atomic E-state index is -2.66. The summed E-state index contributed by atoms with van der Waals surface area (Å²) < 4.78 is 22.0. The normalized spacial score (nSPS) is 37.8. The van der Waals surface area contributed by atoms with Gasteiger partial charge in [-0.3, -0.25) is 0 Å². The number of rotatable bonds is 2. The largest absolute Gasteiger partial charge is 0.309 e. The van der Waals surface area contributed by atoms with Crippen LogP contribution in [0.3, 0.4) is 0 Å². The molecule has 0 radical (unpaired) electrons. The van der Waals surface area contributed by atoms with Crippen molar-refractivity contribution in [2.24, 2.45) is 5.92 Å². The highest BCUT2D eigenvalue weighted by Crippen LogP contribution is 2.25. The topological polar surface area (TPSA) is 46.2 Å². The van der Waals surface area contributed by atoms with E-state index in [0.29, 0.717) is 23.5 Å². The lowest BCUT2D eigenvalue weighted by Crippen LogP contribution is -2.56. The van der Waals surface area contributed by atoms with E-state index in [1.807, 2.05) is 0 Å². The molecular weight excluding hydrogens is 198 g/mol. The summed E-state index contributed by atoms with van der Waals surface area (Å²) in [6.45, 7) is 2.27. The highest BCUT2D eigenvalue weighted by atomic mass is 32.2. The SMILES string of the molecule is CC1CCCCC1NC1CS(=O)(=O)C1. The fourth-order valence-electron chi connectivity index (χ4n) is 2.53. The number of nitrogens with one attached hydrogen (secondary N) is 1. The maximum Gasteiger partial charge on any atom is 0.153 e. The molecule has 1 saturated carbocycles. The van der Waals surface area contributed by atoms with Crippen LogP contribution in [0.1, 0.15) is 32.6 Å². The van der Waals surface area contributed by atoms with Crippen LogP contribution in [-0.2, 0) is 9.84 Å². The Morgan fingerprint density at radius 3 is 2.36 bits per heavy atom.